The molecule has 3 aromatic carbocycles. The Morgan fingerprint density at radius 3 is 2.00 bits per heavy atom. The van der Waals surface area contributed by atoms with Crippen molar-refractivity contribution in [3.8, 4) is 34.0 Å². The van der Waals surface area contributed by atoms with Crippen molar-refractivity contribution in [2.75, 3.05) is 14.2 Å². The van der Waals surface area contributed by atoms with Crippen molar-refractivity contribution in [2.24, 2.45) is 0 Å². The van der Waals surface area contributed by atoms with Gasteiger partial charge in [0.25, 0.3) is 5.56 Å². The molecule has 0 saturated heterocycles. The largest absolute Gasteiger partial charge is 0.497 e. The minimum absolute atomic E-state index is 0.153. The molecule has 0 aliphatic heterocycles. The van der Waals surface area contributed by atoms with E-state index < -0.39 is 0 Å². The van der Waals surface area contributed by atoms with E-state index in [1.807, 2.05) is 72.8 Å². The average Bonchev–Trinajstić information content (AvgIpc) is 2.83. The SMILES string of the molecule is COc1ccc(-c2cc(-c3ccc(OC)cc3)n3c(=O)c4ccccc4nc3n2)cc1. The Bertz CT molecular complexity index is 1460. The number of hydrogen-bond acceptors (Lipinski definition) is 5. The van der Waals surface area contributed by atoms with Crippen molar-refractivity contribution in [2.45, 2.75) is 0 Å². The molecule has 0 amide bonds. The highest BCUT2D eigenvalue weighted by Gasteiger charge is 2.14. The fourth-order valence-electron chi connectivity index (χ4n) is 3.63. The molecule has 2 heterocycles. The lowest BCUT2D eigenvalue weighted by molar-refractivity contribution is 0.415. The topological polar surface area (TPSA) is 65.7 Å². The van der Waals surface area contributed by atoms with E-state index in [1.54, 1.807) is 24.7 Å². The van der Waals surface area contributed by atoms with E-state index in [-0.39, 0.29) is 5.56 Å². The maximum Gasteiger partial charge on any atom is 0.267 e. The molecule has 6 heteroatoms. The smallest absolute Gasteiger partial charge is 0.267 e. The number of fused-ring (bicyclic) bond motifs is 2. The summed E-state index contributed by atoms with van der Waals surface area (Å²) < 4.78 is 12.1. The van der Waals surface area contributed by atoms with Crippen molar-refractivity contribution >= 4 is 16.7 Å². The first kappa shape index (κ1) is 18.8. The van der Waals surface area contributed by atoms with Crippen molar-refractivity contribution in [1.82, 2.24) is 14.4 Å². The predicted molar refractivity (Wildman–Crippen MR) is 121 cm³/mol. The average molecular weight is 409 g/mol. The molecule has 152 valence electrons. The van der Waals surface area contributed by atoms with Crippen molar-refractivity contribution < 1.29 is 9.47 Å². The van der Waals surface area contributed by atoms with Gasteiger partial charge in [-0.05, 0) is 72.3 Å². The Labute approximate surface area is 178 Å². The van der Waals surface area contributed by atoms with Crippen molar-refractivity contribution in [3.63, 3.8) is 0 Å². The molecule has 0 unspecified atom stereocenters. The molecular formula is C25H19N3O3. The van der Waals surface area contributed by atoms with E-state index in [9.17, 15) is 4.79 Å². The highest BCUT2D eigenvalue weighted by atomic mass is 16.5. The number of para-hydroxylation sites is 1. The van der Waals surface area contributed by atoms with Crippen LogP contribution >= 0.6 is 0 Å². The van der Waals surface area contributed by atoms with Crippen LogP contribution in [0.4, 0.5) is 0 Å². The fraction of sp³-hybridized carbons (Fsp3) is 0.0800. The van der Waals surface area contributed by atoms with Gasteiger partial charge in [0.1, 0.15) is 11.5 Å². The molecule has 6 nitrogen and oxygen atoms in total. The third-order valence-corrected chi connectivity index (χ3v) is 5.26. The summed E-state index contributed by atoms with van der Waals surface area (Å²) in [5.74, 6) is 1.86. The minimum Gasteiger partial charge on any atom is -0.497 e. The second kappa shape index (κ2) is 7.57. The zero-order chi connectivity index (χ0) is 21.4. The quantitative estimate of drug-likeness (QED) is 0.406. The van der Waals surface area contributed by atoms with Crippen LogP contribution in [0.25, 0.3) is 39.2 Å². The van der Waals surface area contributed by atoms with Crippen LogP contribution in [0.3, 0.4) is 0 Å². The summed E-state index contributed by atoms with van der Waals surface area (Å²) in [5.41, 5.74) is 3.66. The highest BCUT2D eigenvalue weighted by molar-refractivity contribution is 5.81. The van der Waals surface area contributed by atoms with E-state index in [0.29, 0.717) is 22.4 Å². The molecule has 31 heavy (non-hydrogen) atoms. The number of benzene rings is 3. The van der Waals surface area contributed by atoms with Crippen LogP contribution in [-0.4, -0.2) is 28.6 Å². The first-order chi connectivity index (χ1) is 15.2. The first-order valence-electron chi connectivity index (χ1n) is 9.79. The molecule has 0 N–H and O–H groups in total. The van der Waals surface area contributed by atoms with E-state index in [2.05, 4.69) is 4.98 Å². The van der Waals surface area contributed by atoms with Crippen LogP contribution in [-0.2, 0) is 0 Å². The number of nitrogens with zero attached hydrogens (tertiary/aromatic N) is 3. The van der Waals surface area contributed by atoms with Crippen LogP contribution in [0.15, 0.2) is 83.7 Å². The molecule has 0 bridgehead atoms. The fourth-order valence-corrected chi connectivity index (χ4v) is 3.63. The number of ether oxygens (including phenoxy) is 2. The summed E-state index contributed by atoms with van der Waals surface area (Å²) >= 11 is 0. The number of methoxy groups -OCH3 is 2. The number of hydrogen-bond donors (Lipinski definition) is 0. The molecule has 5 rings (SSSR count). The predicted octanol–water partition coefficient (Wildman–Crippen LogP) is 4.59. The molecular weight excluding hydrogens is 390 g/mol. The van der Waals surface area contributed by atoms with Gasteiger partial charge in [0.05, 0.1) is 36.5 Å². The van der Waals surface area contributed by atoms with Gasteiger partial charge in [-0.3, -0.25) is 4.79 Å². The minimum atomic E-state index is -0.153. The Balaban J connectivity index is 1.83. The van der Waals surface area contributed by atoms with Gasteiger partial charge >= 0.3 is 0 Å². The van der Waals surface area contributed by atoms with Gasteiger partial charge < -0.3 is 9.47 Å². The zero-order valence-corrected chi connectivity index (χ0v) is 17.1. The van der Waals surface area contributed by atoms with Gasteiger partial charge in [0, 0.05) is 5.56 Å². The summed E-state index contributed by atoms with van der Waals surface area (Å²) in [4.78, 5) is 22.8. The molecule has 0 atom stereocenters. The summed E-state index contributed by atoms with van der Waals surface area (Å²) in [6, 6.07) is 24.5. The van der Waals surface area contributed by atoms with E-state index >= 15 is 0 Å². The molecule has 2 aromatic heterocycles. The van der Waals surface area contributed by atoms with Crippen LogP contribution in [0, 0.1) is 0 Å². The summed E-state index contributed by atoms with van der Waals surface area (Å²) in [5, 5.41) is 0.550. The van der Waals surface area contributed by atoms with E-state index in [4.69, 9.17) is 14.5 Å². The second-order valence-electron chi connectivity index (χ2n) is 7.05. The van der Waals surface area contributed by atoms with Gasteiger partial charge in [-0.15, -0.1) is 0 Å². The lowest BCUT2D eigenvalue weighted by Gasteiger charge is -2.13. The Hall–Kier alpha value is -4.19. The third kappa shape index (κ3) is 3.28. The zero-order valence-electron chi connectivity index (χ0n) is 17.1. The summed E-state index contributed by atoms with van der Waals surface area (Å²) in [6.45, 7) is 0. The first-order valence-corrected chi connectivity index (χ1v) is 9.79. The monoisotopic (exact) mass is 409 g/mol. The maximum atomic E-state index is 13.4. The summed E-state index contributed by atoms with van der Waals surface area (Å²) in [6.07, 6.45) is 0. The Kier molecular flexibility index (Phi) is 4.59. The molecule has 0 spiro atoms. The molecule has 0 aliphatic rings. The molecule has 0 fully saturated rings. The van der Waals surface area contributed by atoms with Gasteiger partial charge in [-0.1, -0.05) is 12.1 Å². The van der Waals surface area contributed by atoms with Crippen LogP contribution < -0.4 is 15.0 Å². The lowest BCUT2D eigenvalue weighted by Crippen LogP contribution is -2.18. The van der Waals surface area contributed by atoms with Crippen LogP contribution in [0.5, 0.6) is 11.5 Å². The van der Waals surface area contributed by atoms with E-state index in [1.165, 1.54) is 0 Å². The maximum absolute atomic E-state index is 13.4. The van der Waals surface area contributed by atoms with E-state index in [0.717, 1.165) is 28.3 Å². The Morgan fingerprint density at radius 1 is 0.742 bits per heavy atom. The highest BCUT2D eigenvalue weighted by Crippen LogP contribution is 2.28. The van der Waals surface area contributed by atoms with Gasteiger partial charge in [-0.2, -0.15) is 0 Å². The van der Waals surface area contributed by atoms with Crippen LogP contribution in [0.1, 0.15) is 0 Å². The lowest BCUT2D eigenvalue weighted by atomic mass is 10.1. The molecule has 0 radical (unpaired) electrons. The normalized spacial score (nSPS) is 11.0. The van der Waals surface area contributed by atoms with Crippen molar-refractivity contribution in [1.29, 1.82) is 0 Å². The summed E-state index contributed by atoms with van der Waals surface area (Å²) in [7, 11) is 3.26. The number of aromatic nitrogens is 3. The Morgan fingerprint density at radius 2 is 1.35 bits per heavy atom. The van der Waals surface area contributed by atoms with Crippen LogP contribution in [0.2, 0.25) is 0 Å². The van der Waals surface area contributed by atoms with Gasteiger partial charge in [0.2, 0.25) is 5.78 Å². The van der Waals surface area contributed by atoms with Crippen molar-refractivity contribution in [3.05, 3.63) is 89.2 Å². The second-order valence-corrected chi connectivity index (χ2v) is 7.05. The molecule has 0 aliphatic carbocycles. The molecule has 0 saturated carbocycles. The third-order valence-electron chi connectivity index (χ3n) is 5.26. The van der Waals surface area contributed by atoms with Gasteiger partial charge in [-0.25, -0.2) is 14.4 Å². The molecule has 5 aromatic rings. The standard InChI is InChI=1S/C25H19N3O3/c1-30-18-11-7-16(8-12-18)22-15-23(17-9-13-19(31-2)14-10-17)28-24(29)20-5-3-4-6-21(20)26-25(28)27-22/h3-15H,1-2H3. The van der Waals surface area contributed by atoms with Gasteiger partial charge in [0.15, 0.2) is 0 Å². The number of rotatable bonds is 4.